The van der Waals surface area contributed by atoms with Gasteiger partial charge in [-0.15, -0.1) is 0 Å². The molecule has 0 aliphatic rings. The van der Waals surface area contributed by atoms with E-state index in [1.54, 1.807) is 24.5 Å². The first-order chi connectivity index (χ1) is 38.3. The van der Waals surface area contributed by atoms with Gasteiger partial charge in [-0.1, -0.05) is 60.2 Å². The molecule has 0 aliphatic heterocycles. The maximum absolute atomic E-state index is 9.99. The van der Waals surface area contributed by atoms with Gasteiger partial charge in [-0.3, -0.25) is 9.97 Å². The van der Waals surface area contributed by atoms with Crippen molar-refractivity contribution >= 4 is 0 Å². The minimum Gasteiger partial charge on any atom is -0.507 e. The minimum atomic E-state index is 0. The quantitative estimate of drug-likeness (QED) is 0.0200. The fraction of sp³-hybridized carbons (Fsp3) is 0.200. The van der Waals surface area contributed by atoms with Crippen molar-refractivity contribution in [2.45, 2.75) is 41.7 Å². The molecular weight excluding hydrogens is 1090 g/mol. The molecular formula is C40H42N6O33. The van der Waals surface area contributed by atoms with Crippen LogP contribution in [0.5, 0.6) is 23.0 Å². The summed E-state index contributed by atoms with van der Waals surface area (Å²) < 4.78 is 27.9. The average Bonchev–Trinajstić information content (AvgIpc) is 4.17. The third kappa shape index (κ3) is 23.9. The Labute approximate surface area is 438 Å². The summed E-state index contributed by atoms with van der Waals surface area (Å²) in [5.41, 5.74) is 5.44. The molecule has 4 heterocycles. The molecule has 0 saturated heterocycles. The molecule has 7 aromatic rings. The van der Waals surface area contributed by atoms with E-state index in [1.807, 2.05) is 100 Å². The van der Waals surface area contributed by atoms with Gasteiger partial charge >= 0.3 is 0 Å². The van der Waals surface area contributed by atoms with Gasteiger partial charge in [0.05, 0.1) is 24.3 Å². The summed E-state index contributed by atoms with van der Waals surface area (Å²) in [6, 6.07) is 28.1. The molecule has 0 bridgehead atoms. The molecule has 39 heteroatoms. The first-order valence-electron chi connectivity index (χ1n) is 20.7. The largest absolute Gasteiger partial charge is 0.507 e. The number of rotatable bonds is 35. The first kappa shape index (κ1) is 63.9. The zero-order chi connectivity index (χ0) is 55.3. The summed E-state index contributed by atoms with van der Waals surface area (Å²) >= 11 is 0. The van der Waals surface area contributed by atoms with Gasteiger partial charge in [0.15, 0.2) is 0 Å². The summed E-state index contributed by atoms with van der Waals surface area (Å²) in [4.78, 5) is 17.5. The number of aromatic nitrogens is 6. The van der Waals surface area contributed by atoms with Crippen LogP contribution in [-0.4, -0.2) is 59.1 Å². The predicted molar refractivity (Wildman–Crippen MR) is 229 cm³/mol. The van der Waals surface area contributed by atoms with E-state index in [0.29, 0.717) is 77.1 Å². The molecule has 0 atom stereocenters. The van der Waals surface area contributed by atoms with Crippen LogP contribution < -0.4 is 14.2 Å². The Balaban J connectivity index is 0.000000256. The number of ether oxygens (including phenoxy) is 3. The molecule has 79 heavy (non-hydrogen) atoms. The summed E-state index contributed by atoms with van der Waals surface area (Å²) in [5, 5.41) is 118. The number of hydrogen-bond donors (Lipinski definition) is 3. The fourth-order valence-corrected chi connectivity index (χ4v) is 5.30. The molecule has 3 aromatic carbocycles. The van der Waals surface area contributed by atoms with Crippen molar-refractivity contribution in [1.82, 2.24) is 30.2 Å². The smallest absolute Gasteiger partial charge is 0.262 e. The molecule has 430 valence electrons. The molecule has 0 spiro atoms. The van der Waals surface area contributed by atoms with Crippen molar-refractivity contribution in [3.8, 4) is 68.9 Å². The van der Waals surface area contributed by atoms with Crippen molar-refractivity contribution in [2.75, 3.05) is 13.2 Å². The number of aryl methyl sites for hydroxylation is 2. The van der Waals surface area contributed by atoms with Crippen molar-refractivity contribution in [3.63, 3.8) is 0 Å². The van der Waals surface area contributed by atoms with Crippen LogP contribution >= 0.6 is 0 Å². The summed E-state index contributed by atoms with van der Waals surface area (Å²) in [6.45, 7) is 9.24. The maximum atomic E-state index is 9.99. The van der Waals surface area contributed by atoms with Crippen LogP contribution in [0.25, 0.3) is 45.9 Å². The van der Waals surface area contributed by atoms with Crippen molar-refractivity contribution in [3.05, 3.63) is 120 Å². The molecule has 7 rings (SSSR count). The predicted octanol–water partition coefficient (Wildman–Crippen LogP) is 7.24. The van der Waals surface area contributed by atoms with Crippen LogP contribution in [0.2, 0.25) is 0 Å². The number of aromatic hydroxyl groups is 1. The molecule has 3 N–H and O–H groups in total. The van der Waals surface area contributed by atoms with Gasteiger partial charge in [-0.25, -0.2) is 10.5 Å². The Morgan fingerprint density at radius 1 is 0.443 bits per heavy atom. The summed E-state index contributed by atoms with van der Waals surface area (Å²) in [7, 11) is 0. The van der Waals surface area contributed by atoms with Crippen LogP contribution in [-0.2, 0) is 133 Å². The Hall–Kier alpha value is -7.64. The number of benzene rings is 3. The molecule has 0 amide bonds. The van der Waals surface area contributed by atoms with Gasteiger partial charge < -0.3 is 28.4 Å². The van der Waals surface area contributed by atoms with Crippen molar-refractivity contribution in [2.24, 2.45) is 0 Å². The molecule has 0 fully saturated rings. The third-order valence-electron chi connectivity index (χ3n) is 8.21. The van der Waals surface area contributed by atoms with E-state index in [9.17, 15) is 5.11 Å². The second-order valence-corrected chi connectivity index (χ2v) is 12.9. The number of phenols is 1. The second-order valence-electron chi connectivity index (χ2n) is 12.9. The Bertz CT molecular complexity index is 2670. The maximum Gasteiger partial charge on any atom is 0.262 e. The lowest BCUT2D eigenvalue weighted by atomic mass is 10.1. The monoisotopic (exact) mass is 1130 g/mol. The summed E-state index contributed by atoms with van der Waals surface area (Å²) in [6.07, 6.45) is 3.38. The van der Waals surface area contributed by atoms with Crippen LogP contribution in [0.1, 0.15) is 38.0 Å². The lowest BCUT2D eigenvalue weighted by Gasteiger charge is -2.11. The fourth-order valence-electron chi connectivity index (χ4n) is 5.30. The van der Waals surface area contributed by atoms with Gasteiger partial charge in [-0.2, -0.15) is 9.97 Å². The first-order valence-corrected chi connectivity index (χ1v) is 20.7. The third-order valence-corrected chi connectivity index (χ3v) is 8.21. The minimum absolute atomic E-state index is 0. The lowest BCUT2D eigenvalue weighted by Crippen LogP contribution is -2.06. The highest BCUT2D eigenvalue weighted by Gasteiger charge is 2.19. The van der Waals surface area contributed by atoms with E-state index >= 15 is 0 Å². The Kier molecular flexibility index (Phi) is 31.4. The van der Waals surface area contributed by atoms with Crippen LogP contribution in [0.4, 0.5) is 0 Å². The van der Waals surface area contributed by atoms with Crippen molar-refractivity contribution < 1.29 is 165 Å². The van der Waals surface area contributed by atoms with E-state index in [2.05, 4.69) is 156 Å². The van der Waals surface area contributed by atoms with Gasteiger partial charge in [0.25, 0.3) is 11.8 Å². The van der Waals surface area contributed by atoms with E-state index < -0.39 is 0 Å². The highest BCUT2D eigenvalue weighted by atomic mass is 18.0. The van der Waals surface area contributed by atoms with Gasteiger partial charge in [0, 0.05) is 57.7 Å². The van der Waals surface area contributed by atoms with Crippen LogP contribution in [0.15, 0.2) is 112 Å². The summed E-state index contributed by atoms with van der Waals surface area (Å²) in [5.74, 6) is 3.44. The molecule has 0 radical (unpaired) electrons. The molecule has 39 nitrogen and oxygen atoms in total. The Morgan fingerprint density at radius 2 is 0.835 bits per heavy atom. The zero-order valence-corrected chi connectivity index (χ0v) is 39.7. The van der Waals surface area contributed by atoms with Crippen molar-refractivity contribution in [1.29, 1.82) is 0 Å². The molecule has 0 saturated carbocycles. The van der Waals surface area contributed by atoms with Crippen LogP contribution in [0, 0.1) is 13.8 Å². The SMILES string of the molecule is C.CCOc1ccc(O)c(-c2nc(-c3ncccc3C)no2)c1.CCOc1ccc(OCc2ccccc2)c(-c2nc(-c3ncccc3C)no2)c1.OOOOOOOOOOOOOOOOOOOOOOOOOOO. The van der Waals surface area contributed by atoms with E-state index in [0.717, 1.165) is 16.7 Å². The highest BCUT2D eigenvalue weighted by Crippen LogP contribution is 2.35. The topological polar surface area (TPSA) is 423 Å². The van der Waals surface area contributed by atoms with Gasteiger partial charge in [0.2, 0.25) is 11.6 Å². The standard InChI is InChI=1S/C23H21N3O3.C16H15N3O3.CH4.H2O27/c1-3-27-18-11-12-20(28-15-17-9-5-4-6-10-17)19(14-18)23-25-22(26-29-23)21-16(2)8-7-13-24-21;1-3-21-11-6-7-13(20)12(9-11)16-18-15(19-22-16)14-10(2)5-4-8-17-14;;1-3-5-7-9-11-13-15-17-19-21-23-25-27-26-24-22-20-18-16-14-12-10-8-6-4-2/h4-14H,3,15H2,1-2H3;4-9,20H,3H2,1-2H3;1H4;1-2H. The van der Waals surface area contributed by atoms with Gasteiger partial charge in [0.1, 0.15) is 41.0 Å². The van der Waals surface area contributed by atoms with Crippen LogP contribution in [0.3, 0.4) is 0 Å². The molecule has 0 unspecified atom stereocenters. The number of pyridine rings is 2. The molecule has 0 aliphatic carbocycles. The van der Waals surface area contributed by atoms with E-state index in [4.69, 9.17) is 33.8 Å². The second kappa shape index (κ2) is 38.8. The Morgan fingerprint density at radius 3 is 1.24 bits per heavy atom. The number of phenolic OH excluding ortho intramolecular Hbond substituents is 1. The number of nitrogens with zero attached hydrogens (tertiary/aromatic N) is 6. The normalized spacial score (nSPS) is 10.8. The van der Waals surface area contributed by atoms with E-state index in [-0.39, 0.29) is 19.1 Å². The van der Waals surface area contributed by atoms with Gasteiger partial charge in [-0.05, 0) is 174 Å². The molecule has 4 aromatic heterocycles. The van der Waals surface area contributed by atoms with E-state index in [1.165, 1.54) is 6.07 Å². The zero-order valence-electron chi connectivity index (χ0n) is 39.7. The number of hydrogen-bond acceptors (Lipinski definition) is 39. The average molecular weight is 1130 g/mol. The lowest BCUT2D eigenvalue weighted by molar-refractivity contribution is -0.902. The highest BCUT2D eigenvalue weighted by molar-refractivity contribution is 5.68.